The van der Waals surface area contributed by atoms with Crippen LogP contribution in [0.1, 0.15) is 11.6 Å². The Balaban J connectivity index is 0.000000151. The number of imidazole rings is 2. The van der Waals surface area contributed by atoms with Gasteiger partial charge in [0.2, 0.25) is 0 Å². The van der Waals surface area contributed by atoms with Gasteiger partial charge in [-0.05, 0) is 0 Å². The number of aromatic nitrogens is 4. The van der Waals surface area contributed by atoms with Crippen LogP contribution >= 0.6 is 0 Å². The molecule has 2 aromatic heterocycles. The highest BCUT2D eigenvalue weighted by Gasteiger charge is 2.00. The van der Waals surface area contributed by atoms with Gasteiger partial charge < -0.3 is 0 Å². The number of aryl methyl sites for hydroxylation is 4. The summed E-state index contributed by atoms with van der Waals surface area (Å²) in [6.07, 6.45) is 7.97. The Hall–Kier alpha value is -1.58. The zero-order chi connectivity index (χ0) is 11.4. The molecule has 0 aromatic carbocycles. The summed E-state index contributed by atoms with van der Waals surface area (Å²) in [5, 5.41) is 0. The first kappa shape index (κ1) is 11.5. The molecule has 0 saturated heterocycles. The Labute approximate surface area is 90.8 Å². The fraction of sp³-hybridized carbons (Fsp3) is 0.455. The van der Waals surface area contributed by atoms with Gasteiger partial charge in [0.05, 0.1) is 21.1 Å². The lowest BCUT2D eigenvalue weighted by molar-refractivity contribution is -0.677. The molecule has 0 radical (unpaired) electrons. The molecule has 0 fully saturated rings. The average molecular weight is 208 g/mol. The lowest BCUT2D eigenvalue weighted by Gasteiger charge is -1.84. The molecular formula is C11H20N4+2. The molecule has 15 heavy (non-hydrogen) atoms. The van der Waals surface area contributed by atoms with Gasteiger partial charge in [-0.1, -0.05) is 0 Å². The van der Waals surface area contributed by atoms with Crippen molar-refractivity contribution >= 4 is 0 Å². The van der Waals surface area contributed by atoms with Crippen LogP contribution in [0.3, 0.4) is 0 Å². The number of H-pyrrole nitrogens is 1. The Bertz CT molecular complexity index is 389. The summed E-state index contributed by atoms with van der Waals surface area (Å²) >= 11 is 0. The maximum Gasteiger partial charge on any atom is 0.252 e. The number of rotatable bonds is 0. The second-order valence-corrected chi connectivity index (χ2v) is 3.72. The smallest absolute Gasteiger partial charge is 0.248 e. The second-order valence-electron chi connectivity index (χ2n) is 3.72. The molecule has 0 amide bonds. The van der Waals surface area contributed by atoms with Gasteiger partial charge in [-0.2, -0.15) is 0 Å². The largest absolute Gasteiger partial charge is 0.252 e. The standard InChI is InChI=1S/C6H11N2.C5H8N2/c1-6-7(2)4-5-8(6)3;1-5-6-3-4-7(5)2/h4-5H,1-3H3;3-4H,1-2H3/q+1;/p+1. The highest BCUT2D eigenvalue weighted by atomic mass is 15.1. The third kappa shape index (κ3) is 2.94. The first-order valence-electron chi connectivity index (χ1n) is 4.99. The Morgan fingerprint density at radius 1 is 1.13 bits per heavy atom. The molecule has 2 rings (SSSR count). The van der Waals surface area contributed by atoms with Crippen molar-refractivity contribution in [2.45, 2.75) is 13.8 Å². The molecule has 0 aliphatic heterocycles. The van der Waals surface area contributed by atoms with Gasteiger partial charge in [0.25, 0.3) is 11.6 Å². The van der Waals surface area contributed by atoms with Crippen LogP contribution in [0.4, 0.5) is 0 Å². The van der Waals surface area contributed by atoms with Gasteiger partial charge in [0.15, 0.2) is 0 Å². The monoisotopic (exact) mass is 208 g/mol. The summed E-state index contributed by atoms with van der Waals surface area (Å²) in [4.78, 5) is 3.03. The highest BCUT2D eigenvalue weighted by Crippen LogP contribution is 1.84. The van der Waals surface area contributed by atoms with Gasteiger partial charge in [-0.15, -0.1) is 0 Å². The van der Waals surface area contributed by atoms with Crippen LogP contribution in [-0.4, -0.2) is 9.55 Å². The molecule has 2 heterocycles. The zero-order valence-electron chi connectivity index (χ0n) is 10.2. The fourth-order valence-corrected chi connectivity index (χ4v) is 1.15. The maximum absolute atomic E-state index is 3.03. The van der Waals surface area contributed by atoms with Crippen LogP contribution in [0, 0.1) is 13.8 Å². The minimum Gasteiger partial charge on any atom is -0.248 e. The molecule has 0 atom stereocenters. The topological polar surface area (TPSA) is 28.5 Å². The minimum absolute atomic E-state index is 1.18. The van der Waals surface area contributed by atoms with E-state index in [1.54, 1.807) is 0 Å². The lowest BCUT2D eigenvalue weighted by Crippen LogP contribution is -2.29. The molecule has 0 spiro atoms. The summed E-state index contributed by atoms with van der Waals surface area (Å²) in [6, 6.07) is 0. The van der Waals surface area contributed by atoms with Gasteiger partial charge in [0.1, 0.15) is 24.8 Å². The molecule has 0 bridgehead atoms. The third-order valence-corrected chi connectivity index (χ3v) is 2.65. The molecule has 0 aliphatic rings. The van der Waals surface area contributed by atoms with Crippen LogP contribution in [0.5, 0.6) is 0 Å². The van der Waals surface area contributed by atoms with Crippen LogP contribution in [-0.2, 0) is 21.1 Å². The Morgan fingerprint density at radius 3 is 1.93 bits per heavy atom. The van der Waals surface area contributed by atoms with E-state index in [1.807, 2.05) is 57.4 Å². The van der Waals surface area contributed by atoms with E-state index in [2.05, 4.69) is 21.0 Å². The maximum atomic E-state index is 3.03. The van der Waals surface area contributed by atoms with Gasteiger partial charge in [0, 0.05) is 13.8 Å². The van der Waals surface area contributed by atoms with E-state index >= 15 is 0 Å². The summed E-state index contributed by atoms with van der Waals surface area (Å²) in [6.45, 7) is 4.11. The zero-order valence-corrected chi connectivity index (χ0v) is 10.2. The van der Waals surface area contributed by atoms with Crippen LogP contribution in [0.25, 0.3) is 0 Å². The SMILES string of the molecule is Cc1[nH]cc[n+]1C.Cc1n(C)cc[n+]1C. The number of hydrogen-bond donors (Lipinski definition) is 1. The first-order chi connectivity index (χ1) is 7.02. The van der Waals surface area contributed by atoms with Crippen molar-refractivity contribution in [3.63, 3.8) is 0 Å². The van der Waals surface area contributed by atoms with Crippen molar-refractivity contribution in [1.29, 1.82) is 0 Å². The number of hydrogen-bond acceptors (Lipinski definition) is 0. The molecule has 4 nitrogen and oxygen atoms in total. The average Bonchev–Trinajstić information content (AvgIpc) is 2.70. The molecule has 0 saturated carbocycles. The van der Waals surface area contributed by atoms with E-state index < -0.39 is 0 Å². The van der Waals surface area contributed by atoms with Gasteiger partial charge >= 0.3 is 0 Å². The predicted octanol–water partition coefficient (Wildman–Crippen LogP) is 0.306. The summed E-state index contributed by atoms with van der Waals surface area (Å²) in [7, 11) is 6.08. The van der Waals surface area contributed by atoms with Gasteiger partial charge in [-0.25, -0.2) is 18.7 Å². The second kappa shape index (κ2) is 4.77. The summed E-state index contributed by atoms with van der Waals surface area (Å²) in [5.41, 5.74) is 0. The van der Waals surface area contributed by atoms with Crippen LogP contribution in [0.15, 0.2) is 24.8 Å². The van der Waals surface area contributed by atoms with Crippen LogP contribution in [0.2, 0.25) is 0 Å². The molecule has 1 N–H and O–H groups in total. The quantitative estimate of drug-likeness (QED) is 0.604. The number of nitrogens with zero attached hydrogens (tertiary/aromatic N) is 3. The summed E-state index contributed by atoms with van der Waals surface area (Å²) < 4.78 is 6.19. The van der Waals surface area contributed by atoms with Crippen molar-refractivity contribution in [2.75, 3.05) is 0 Å². The Kier molecular flexibility index (Phi) is 3.66. The van der Waals surface area contributed by atoms with Gasteiger partial charge in [-0.3, -0.25) is 0 Å². The Morgan fingerprint density at radius 2 is 1.80 bits per heavy atom. The number of aromatic amines is 1. The molecule has 4 heteroatoms. The third-order valence-electron chi connectivity index (χ3n) is 2.65. The van der Waals surface area contributed by atoms with Crippen molar-refractivity contribution in [1.82, 2.24) is 9.55 Å². The predicted molar refractivity (Wildman–Crippen MR) is 58.0 cm³/mol. The first-order valence-corrected chi connectivity index (χ1v) is 4.99. The lowest BCUT2D eigenvalue weighted by atomic mass is 10.7. The summed E-state index contributed by atoms with van der Waals surface area (Å²) in [5.74, 6) is 2.45. The van der Waals surface area contributed by atoms with Crippen molar-refractivity contribution in [3.05, 3.63) is 36.4 Å². The molecule has 82 valence electrons. The van der Waals surface area contributed by atoms with Crippen LogP contribution < -0.4 is 9.13 Å². The van der Waals surface area contributed by atoms with E-state index in [1.165, 1.54) is 11.6 Å². The van der Waals surface area contributed by atoms with E-state index in [-0.39, 0.29) is 0 Å². The fourth-order valence-electron chi connectivity index (χ4n) is 1.15. The van der Waals surface area contributed by atoms with E-state index in [0.717, 1.165) is 0 Å². The number of nitrogens with one attached hydrogen (secondary N) is 1. The van der Waals surface area contributed by atoms with E-state index in [9.17, 15) is 0 Å². The van der Waals surface area contributed by atoms with Crippen molar-refractivity contribution in [2.24, 2.45) is 21.1 Å². The highest BCUT2D eigenvalue weighted by molar-refractivity contribution is 4.75. The van der Waals surface area contributed by atoms with Crippen molar-refractivity contribution in [3.8, 4) is 0 Å². The molecular weight excluding hydrogens is 188 g/mol. The molecule has 0 unspecified atom stereocenters. The normalized spacial score (nSPS) is 9.67. The van der Waals surface area contributed by atoms with E-state index in [4.69, 9.17) is 0 Å². The molecule has 2 aromatic rings. The minimum atomic E-state index is 1.18. The van der Waals surface area contributed by atoms with E-state index in [0.29, 0.717) is 0 Å². The molecule has 0 aliphatic carbocycles. The van der Waals surface area contributed by atoms with Crippen molar-refractivity contribution < 1.29 is 9.13 Å².